The van der Waals surface area contributed by atoms with Crippen LogP contribution < -0.4 is 15.9 Å². The molecule has 4 aromatic rings. The van der Waals surface area contributed by atoms with Crippen LogP contribution in [0.4, 0.5) is 0 Å². The molecule has 0 saturated carbocycles. The van der Waals surface area contributed by atoms with Crippen molar-refractivity contribution in [2.45, 2.75) is 6.16 Å². The van der Waals surface area contributed by atoms with Crippen LogP contribution in [0.2, 0.25) is 0 Å². The Balaban J connectivity index is 2.11. The summed E-state index contributed by atoms with van der Waals surface area (Å²) >= 11 is 8.19. The van der Waals surface area contributed by atoms with Crippen LogP contribution in [-0.4, -0.2) is 4.98 Å². The Morgan fingerprint density at radius 3 is 1.43 bits per heavy atom. The molecule has 0 radical (unpaired) electrons. The maximum atomic E-state index is 4.74. The number of halogens is 2. The van der Waals surface area contributed by atoms with Crippen molar-refractivity contribution in [1.82, 2.24) is 4.98 Å². The number of hydrogen-bond acceptors (Lipinski definition) is 1. The molecule has 0 bridgehead atoms. The summed E-state index contributed by atoms with van der Waals surface area (Å²) in [5.74, 6) is 0. The van der Waals surface area contributed by atoms with Gasteiger partial charge in [-0.1, -0.05) is 0 Å². The van der Waals surface area contributed by atoms with Gasteiger partial charge in [-0.05, 0) is 0 Å². The first-order valence-electron chi connectivity index (χ1n) is 9.12. The number of aromatic nitrogens is 1. The SMILES string of the molecule is Brc1cccnc1CP(Br)(c1ccccc1)(c1ccccc1)c1ccccc1. The Labute approximate surface area is 182 Å². The summed E-state index contributed by atoms with van der Waals surface area (Å²) in [6, 6.07) is 36.4. The summed E-state index contributed by atoms with van der Waals surface area (Å²) in [4.78, 5) is 4.74. The zero-order valence-corrected chi connectivity index (χ0v) is 19.3. The van der Waals surface area contributed by atoms with E-state index in [9.17, 15) is 0 Å². The fourth-order valence-corrected chi connectivity index (χ4v) is 11.8. The van der Waals surface area contributed by atoms with Crippen LogP contribution in [0.3, 0.4) is 0 Å². The quantitative estimate of drug-likeness (QED) is 0.291. The summed E-state index contributed by atoms with van der Waals surface area (Å²) in [6.07, 6.45) is 2.65. The Hall–Kier alpha value is -1.80. The molecular formula is C24H20Br2NP. The van der Waals surface area contributed by atoms with E-state index in [-0.39, 0.29) is 0 Å². The summed E-state index contributed by atoms with van der Waals surface area (Å²) < 4.78 is 1.03. The molecule has 0 atom stereocenters. The molecule has 0 fully saturated rings. The van der Waals surface area contributed by atoms with Gasteiger partial charge in [0.15, 0.2) is 0 Å². The van der Waals surface area contributed by atoms with E-state index in [4.69, 9.17) is 4.98 Å². The molecule has 0 N–H and O–H groups in total. The summed E-state index contributed by atoms with van der Waals surface area (Å²) in [6.45, 7) is 0. The van der Waals surface area contributed by atoms with Gasteiger partial charge in [-0.25, -0.2) is 0 Å². The Kier molecular flexibility index (Phi) is 5.51. The van der Waals surface area contributed by atoms with E-state index in [0.717, 1.165) is 16.3 Å². The van der Waals surface area contributed by atoms with Gasteiger partial charge in [0.1, 0.15) is 0 Å². The third kappa shape index (κ3) is 3.26. The van der Waals surface area contributed by atoms with Crippen molar-refractivity contribution in [3.63, 3.8) is 0 Å². The summed E-state index contributed by atoms with van der Waals surface area (Å²) in [7, 11) is 0. The molecular weight excluding hydrogens is 493 g/mol. The molecule has 0 saturated heterocycles. The van der Waals surface area contributed by atoms with Gasteiger partial charge in [0, 0.05) is 0 Å². The van der Waals surface area contributed by atoms with Crippen molar-refractivity contribution < 1.29 is 0 Å². The van der Waals surface area contributed by atoms with Gasteiger partial charge >= 0.3 is 183 Å². The molecule has 1 aromatic heterocycles. The van der Waals surface area contributed by atoms with Gasteiger partial charge in [0.05, 0.1) is 0 Å². The molecule has 0 aliphatic heterocycles. The van der Waals surface area contributed by atoms with E-state index in [1.807, 2.05) is 12.3 Å². The van der Waals surface area contributed by atoms with Gasteiger partial charge in [-0.2, -0.15) is 0 Å². The van der Waals surface area contributed by atoms with Crippen molar-refractivity contribution in [3.8, 4) is 0 Å². The molecule has 4 rings (SSSR count). The second kappa shape index (κ2) is 7.91. The van der Waals surface area contributed by atoms with Crippen molar-refractivity contribution in [2.24, 2.45) is 0 Å². The first-order valence-corrected chi connectivity index (χ1v) is 14.4. The fourth-order valence-electron chi connectivity index (χ4n) is 3.75. The fraction of sp³-hybridized carbons (Fsp3) is 0.0417. The molecule has 28 heavy (non-hydrogen) atoms. The van der Waals surface area contributed by atoms with Gasteiger partial charge < -0.3 is 0 Å². The number of nitrogens with zero attached hydrogens (tertiary/aromatic N) is 1. The number of pyridine rings is 1. The van der Waals surface area contributed by atoms with Crippen molar-refractivity contribution in [2.75, 3.05) is 0 Å². The van der Waals surface area contributed by atoms with Gasteiger partial charge in [0.2, 0.25) is 0 Å². The van der Waals surface area contributed by atoms with Crippen molar-refractivity contribution in [3.05, 3.63) is 119 Å². The average Bonchev–Trinajstić information content (AvgIpc) is 2.77. The van der Waals surface area contributed by atoms with Crippen molar-refractivity contribution in [1.29, 1.82) is 0 Å². The molecule has 4 heteroatoms. The Bertz CT molecular complexity index is 970. The Morgan fingerprint density at radius 1 is 0.607 bits per heavy atom. The van der Waals surface area contributed by atoms with Crippen LogP contribution in [0.25, 0.3) is 0 Å². The molecule has 140 valence electrons. The van der Waals surface area contributed by atoms with E-state index in [1.54, 1.807) is 0 Å². The van der Waals surface area contributed by atoms with E-state index >= 15 is 0 Å². The predicted octanol–water partition coefficient (Wildman–Crippen LogP) is 6.18. The van der Waals surface area contributed by atoms with Crippen LogP contribution in [0, 0.1) is 0 Å². The molecule has 1 heterocycles. The van der Waals surface area contributed by atoms with E-state index in [2.05, 4.69) is 128 Å². The zero-order chi connectivity index (χ0) is 19.5. The summed E-state index contributed by atoms with van der Waals surface area (Å²) in [5.41, 5.74) is 1.05. The zero-order valence-electron chi connectivity index (χ0n) is 15.2. The van der Waals surface area contributed by atoms with E-state index < -0.39 is 5.31 Å². The topological polar surface area (TPSA) is 12.9 Å². The second-order valence-electron chi connectivity index (χ2n) is 6.78. The molecule has 0 aliphatic rings. The van der Waals surface area contributed by atoms with Crippen LogP contribution >= 0.6 is 36.7 Å². The minimum atomic E-state index is -2.99. The first kappa shape index (κ1) is 19.5. The standard InChI is InChI=1S/C24H20Br2NP/c25-23-17-10-18-27-24(23)19-28(26,20-11-4-1-5-12-20,21-13-6-2-7-14-21)22-15-8-3-9-16-22/h1-18H,19H2. The molecule has 0 spiro atoms. The molecule has 0 unspecified atom stereocenters. The normalized spacial score (nSPS) is 12.9. The third-order valence-corrected chi connectivity index (χ3v) is 15.3. The predicted molar refractivity (Wildman–Crippen MR) is 130 cm³/mol. The number of benzene rings is 3. The van der Waals surface area contributed by atoms with Crippen LogP contribution in [0.15, 0.2) is 114 Å². The second-order valence-corrected chi connectivity index (χ2v) is 16.6. The average molecular weight is 513 g/mol. The summed E-state index contributed by atoms with van der Waals surface area (Å²) in [5, 5.41) is 0.892. The van der Waals surface area contributed by atoms with Gasteiger partial charge in [0.25, 0.3) is 0 Å². The van der Waals surface area contributed by atoms with Crippen LogP contribution in [0.5, 0.6) is 0 Å². The van der Waals surface area contributed by atoms with Gasteiger partial charge in [-0.3, -0.25) is 0 Å². The molecule has 0 aliphatic carbocycles. The first-order chi connectivity index (χ1) is 13.6. The Morgan fingerprint density at radius 2 is 1.04 bits per heavy atom. The van der Waals surface area contributed by atoms with E-state index in [0.29, 0.717) is 0 Å². The van der Waals surface area contributed by atoms with Crippen molar-refractivity contribution >= 4 is 52.6 Å². The van der Waals surface area contributed by atoms with Crippen LogP contribution in [0.1, 0.15) is 5.69 Å². The molecule has 3 aromatic carbocycles. The maximum absolute atomic E-state index is 4.74. The third-order valence-electron chi connectivity index (χ3n) is 5.17. The number of rotatable bonds is 5. The van der Waals surface area contributed by atoms with E-state index in [1.165, 1.54) is 15.9 Å². The number of hydrogen-bond donors (Lipinski definition) is 0. The molecule has 1 nitrogen and oxygen atoms in total. The molecule has 0 amide bonds. The monoisotopic (exact) mass is 511 g/mol. The van der Waals surface area contributed by atoms with Crippen LogP contribution in [-0.2, 0) is 6.16 Å². The van der Waals surface area contributed by atoms with Gasteiger partial charge in [-0.15, -0.1) is 0 Å². The minimum absolute atomic E-state index is 0.783.